The van der Waals surface area contributed by atoms with Crippen LogP contribution in [0.2, 0.25) is 0 Å². The number of pyridine rings is 1. The van der Waals surface area contributed by atoms with Crippen LogP contribution in [0.15, 0.2) is 29.3 Å². The van der Waals surface area contributed by atoms with E-state index in [-0.39, 0.29) is 17.0 Å². The molecule has 2 amide bonds. The third-order valence-electron chi connectivity index (χ3n) is 5.20. The number of aromatic nitrogens is 4. The van der Waals surface area contributed by atoms with E-state index in [2.05, 4.69) is 15.2 Å². The van der Waals surface area contributed by atoms with Crippen LogP contribution in [0.3, 0.4) is 0 Å². The molecular weight excluding hydrogens is 320 g/mol. The van der Waals surface area contributed by atoms with E-state index >= 15 is 0 Å². The smallest absolute Gasteiger partial charge is 0.319 e. The molecule has 4 rings (SSSR count). The van der Waals surface area contributed by atoms with E-state index in [0.717, 1.165) is 18.4 Å². The van der Waals surface area contributed by atoms with Crippen LogP contribution in [0.25, 0.3) is 11.3 Å². The van der Waals surface area contributed by atoms with Gasteiger partial charge in [-0.1, -0.05) is 0 Å². The summed E-state index contributed by atoms with van der Waals surface area (Å²) in [6.07, 6.45) is 4.90. The first kappa shape index (κ1) is 15.7. The number of nitrogens with zero attached hydrogens (tertiary/aromatic N) is 6. The Morgan fingerprint density at radius 1 is 1.16 bits per heavy atom. The molecule has 130 valence electrons. The molecule has 1 saturated heterocycles. The van der Waals surface area contributed by atoms with Crippen molar-refractivity contribution in [3.8, 4) is 11.3 Å². The molecule has 0 bridgehead atoms. The quantitative estimate of drug-likeness (QED) is 0.764. The van der Waals surface area contributed by atoms with Gasteiger partial charge in [0.05, 0.1) is 5.41 Å². The molecule has 0 aromatic carbocycles. The first-order valence-electron chi connectivity index (χ1n) is 8.36. The van der Waals surface area contributed by atoms with Crippen molar-refractivity contribution in [3.63, 3.8) is 0 Å². The molecule has 25 heavy (non-hydrogen) atoms. The first-order valence-corrected chi connectivity index (χ1v) is 8.36. The molecule has 0 unspecified atom stereocenters. The average molecular weight is 340 g/mol. The Labute approximate surface area is 145 Å². The molecule has 8 nitrogen and oxygen atoms in total. The highest BCUT2D eigenvalue weighted by atomic mass is 16.2. The summed E-state index contributed by atoms with van der Waals surface area (Å²) in [7, 11) is 3.50. The number of hydrogen-bond acceptors (Lipinski definition) is 5. The summed E-state index contributed by atoms with van der Waals surface area (Å²) in [4.78, 5) is 32.5. The maximum atomic E-state index is 12.9. The minimum atomic E-state index is -0.255. The van der Waals surface area contributed by atoms with Crippen molar-refractivity contribution < 1.29 is 4.79 Å². The molecule has 1 spiro atoms. The molecule has 2 aliphatic heterocycles. The van der Waals surface area contributed by atoms with E-state index < -0.39 is 0 Å². The molecule has 1 fully saturated rings. The zero-order valence-electron chi connectivity index (χ0n) is 14.3. The zero-order chi connectivity index (χ0) is 17.6. The van der Waals surface area contributed by atoms with Crippen LogP contribution >= 0.6 is 0 Å². The van der Waals surface area contributed by atoms with Crippen LogP contribution in [-0.4, -0.2) is 62.8 Å². The SMILES string of the molecule is CN(C)C(=O)N1CC[C@@]2(CCn3c2nnc(-c2ccncc2)c3=O)C1. The van der Waals surface area contributed by atoms with Crippen molar-refractivity contribution in [2.75, 3.05) is 27.2 Å². The molecule has 0 saturated carbocycles. The topological polar surface area (TPSA) is 84.2 Å². The molecule has 2 aromatic heterocycles. The van der Waals surface area contributed by atoms with Crippen LogP contribution in [0.4, 0.5) is 4.79 Å². The molecule has 0 aliphatic carbocycles. The Hall–Kier alpha value is -2.77. The number of likely N-dealkylation sites (tertiary alicyclic amines) is 1. The molecule has 0 radical (unpaired) electrons. The Morgan fingerprint density at radius 3 is 2.60 bits per heavy atom. The second-order valence-electron chi connectivity index (χ2n) is 6.94. The first-order chi connectivity index (χ1) is 12.0. The van der Waals surface area contributed by atoms with Crippen LogP contribution in [0.1, 0.15) is 18.7 Å². The van der Waals surface area contributed by atoms with Crippen molar-refractivity contribution in [2.45, 2.75) is 24.8 Å². The van der Waals surface area contributed by atoms with Gasteiger partial charge in [0.25, 0.3) is 5.56 Å². The normalized spacial score (nSPS) is 21.6. The zero-order valence-corrected chi connectivity index (χ0v) is 14.3. The highest BCUT2D eigenvalue weighted by molar-refractivity contribution is 5.74. The fourth-order valence-corrected chi connectivity index (χ4v) is 3.85. The van der Waals surface area contributed by atoms with E-state index in [1.54, 1.807) is 48.1 Å². The van der Waals surface area contributed by atoms with Gasteiger partial charge < -0.3 is 9.80 Å². The van der Waals surface area contributed by atoms with Crippen molar-refractivity contribution in [1.82, 2.24) is 29.5 Å². The average Bonchev–Trinajstić information content (AvgIpc) is 3.21. The predicted octanol–water partition coefficient (Wildman–Crippen LogP) is 0.729. The van der Waals surface area contributed by atoms with Gasteiger partial charge in [-0.25, -0.2) is 4.79 Å². The Bertz CT molecular complexity index is 878. The maximum absolute atomic E-state index is 12.9. The summed E-state index contributed by atoms with van der Waals surface area (Å²) < 4.78 is 1.73. The summed E-state index contributed by atoms with van der Waals surface area (Å²) in [5.41, 5.74) is 0.696. The van der Waals surface area contributed by atoms with Gasteiger partial charge in [0.1, 0.15) is 5.82 Å². The summed E-state index contributed by atoms with van der Waals surface area (Å²) in [6.45, 7) is 1.89. The second kappa shape index (κ2) is 5.65. The van der Waals surface area contributed by atoms with Crippen molar-refractivity contribution >= 4 is 6.03 Å². The highest BCUT2D eigenvalue weighted by Gasteiger charge is 2.48. The predicted molar refractivity (Wildman–Crippen MR) is 91.1 cm³/mol. The molecule has 2 aromatic rings. The molecule has 8 heteroatoms. The van der Waals surface area contributed by atoms with Crippen molar-refractivity contribution in [3.05, 3.63) is 40.7 Å². The molecular formula is C17H20N6O2. The minimum Gasteiger partial charge on any atom is -0.331 e. The van der Waals surface area contributed by atoms with E-state index in [1.807, 2.05) is 4.90 Å². The summed E-state index contributed by atoms with van der Waals surface area (Å²) >= 11 is 0. The lowest BCUT2D eigenvalue weighted by Crippen LogP contribution is -2.40. The number of urea groups is 1. The van der Waals surface area contributed by atoms with E-state index in [0.29, 0.717) is 31.2 Å². The lowest BCUT2D eigenvalue weighted by molar-refractivity contribution is 0.178. The summed E-state index contributed by atoms with van der Waals surface area (Å²) in [5, 5.41) is 8.63. The molecule has 0 N–H and O–H groups in total. The number of hydrogen-bond donors (Lipinski definition) is 0. The number of fused-ring (bicyclic) bond motifs is 2. The van der Waals surface area contributed by atoms with Crippen LogP contribution in [0, 0.1) is 0 Å². The van der Waals surface area contributed by atoms with Gasteiger partial charge in [0, 0.05) is 51.7 Å². The number of carbonyl (C=O) groups excluding carboxylic acids is 1. The third-order valence-corrected chi connectivity index (χ3v) is 5.20. The van der Waals surface area contributed by atoms with Crippen LogP contribution in [-0.2, 0) is 12.0 Å². The highest BCUT2D eigenvalue weighted by Crippen LogP contribution is 2.40. The van der Waals surface area contributed by atoms with E-state index in [1.165, 1.54) is 0 Å². The van der Waals surface area contributed by atoms with Crippen molar-refractivity contribution in [1.29, 1.82) is 0 Å². The van der Waals surface area contributed by atoms with E-state index in [9.17, 15) is 9.59 Å². The molecule has 4 heterocycles. The summed E-state index contributed by atoms with van der Waals surface area (Å²) in [6, 6.07) is 3.52. The lowest BCUT2D eigenvalue weighted by atomic mass is 9.85. The van der Waals surface area contributed by atoms with Crippen molar-refractivity contribution in [2.24, 2.45) is 0 Å². The van der Waals surface area contributed by atoms with Gasteiger partial charge in [-0.2, -0.15) is 0 Å². The van der Waals surface area contributed by atoms with Gasteiger partial charge in [-0.05, 0) is 25.0 Å². The fraction of sp³-hybridized carbons (Fsp3) is 0.471. The van der Waals surface area contributed by atoms with E-state index in [4.69, 9.17) is 0 Å². The standard InChI is InChI=1S/C17H20N6O2/c1-21(2)16(25)22-9-5-17(11-22)6-10-23-14(24)13(19-20-15(17)23)12-3-7-18-8-4-12/h3-4,7-8H,5-6,9-11H2,1-2H3/t17-/m1/s1. The Balaban J connectivity index is 1.70. The summed E-state index contributed by atoms with van der Waals surface area (Å²) in [5.74, 6) is 0.712. The van der Waals surface area contributed by atoms with Gasteiger partial charge in [0.2, 0.25) is 0 Å². The Morgan fingerprint density at radius 2 is 1.88 bits per heavy atom. The van der Waals surface area contributed by atoms with Crippen LogP contribution in [0.5, 0.6) is 0 Å². The molecule has 2 aliphatic rings. The van der Waals surface area contributed by atoms with Gasteiger partial charge in [-0.15, -0.1) is 10.2 Å². The molecule has 1 atom stereocenters. The lowest BCUT2D eigenvalue weighted by Gasteiger charge is -2.25. The monoisotopic (exact) mass is 340 g/mol. The van der Waals surface area contributed by atoms with Gasteiger partial charge in [-0.3, -0.25) is 14.3 Å². The van der Waals surface area contributed by atoms with Crippen LogP contribution < -0.4 is 5.56 Å². The Kier molecular flexibility index (Phi) is 3.55. The maximum Gasteiger partial charge on any atom is 0.319 e. The second-order valence-corrected chi connectivity index (χ2v) is 6.94. The number of rotatable bonds is 1. The third kappa shape index (κ3) is 2.40. The fourth-order valence-electron chi connectivity index (χ4n) is 3.85. The number of carbonyl (C=O) groups is 1. The number of amides is 2. The minimum absolute atomic E-state index is 0.000892. The largest absolute Gasteiger partial charge is 0.331 e. The van der Waals surface area contributed by atoms with Gasteiger partial charge >= 0.3 is 6.03 Å². The van der Waals surface area contributed by atoms with Gasteiger partial charge in [0.15, 0.2) is 5.69 Å².